The zero-order valence-electron chi connectivity index (χ0n) is 14.7. The lowest BCUT2D eigenvalue weighted by Crippen LogP contribution is -2.48. The summed E-state index contributed by atoms with van der Waals surface area (Å²) in [5.41, 5.74) is 4.90. The lowest BCUT2D eigenvalue weighted by Gasteiger charge is -2.40. The van der Waals surface area contributed by atoms with Gasteiger partial charge in [0.15, 0.2) is 0 Å². The van der Waals surface area contributed by atoms with Crippen molar-refractivity contribution in [1.29, 1.82) is 0 Å². The second-order valence-corrected chi connectivity index (χ2v) is 6.29. The van der Waals surface area contributed by atoms with E-state index in [4.69, 9.17) is 0 Å². The molecule has 2 heterocycles. The molecule has 4 heteroatoms. The molecule has 1 unspecified atom stereocenters. The van der Waals surface area contributed by atoms with Gasteiger partial charge in [-0.1, -0.05) is 29.8 Å². The molecule has 0 N–H and O–H groups in total. The summed E-state index contributed by atoms with van der Waals surface area (Å²) in [6, 6.07) is 10.6. The Hall–Kier alpha value is -2.36. The smallest absolute Gasteiger partial charge is 0.320 e. The quantitative estimate of drug-likeness (QED) is 0.861. The minimum atomic E-state index is -0.0591. The van der Waals surface area contributed by atoms with Crippen LogP contribution in [0.5, 0.6) is 0 Å². The second kappa shape index (κ2) is 7.04. The zero-order valence-corrected chi connectivity index (χ0v) is 14.7. The number of hydrogen-bond acceptors (Lipinski definition) is 2. The molecule has 24 heavy (non-hydrogen) atoms. The fourth-order valence-corrected chi connectivity index (χ4v) is 3.53. The van der Waals surface area contributed by atoms with E-state index in [-0.39, 0.29) is 12.1 Å². The van der Waals surface area contributed by atoms with Crippen molar-refractivity contribution in [2.24, 2.45) is 0 Å². The molecular formula is C20H25N3O. The van der Waals surface area contributed by atoms with Crippen molar-refractivity contribution >= 4 is 6.03 Å². The van der Waals surface area contributed by atoms with E-state index >= 15 is 0 Å². The Balaban J connectivity index is 2.06. The molecule has 3 rings (SSSR count). The first-order valence-electron chi connectivity index (χ1n) is 8.70. The summed E-state index contributed by atoms with van der Waals surface area (Å²) in [7, 11) is 0. The van der Waals surface area contributed by atoms with Crippen molar-refractivity contribution in [3.05, 3.63) is 65.0 Å². The van der Waals surface area contributed by atoms with Gasteiger partial charge < -0.3 is 9.80 Å². The van der Waals surface area contributed by atoms with E-state index in [2.05, 4.69) is 36.2 Å². The molecule has 0 aliphatic carbocycles. The monoisotopic (exact) mass is 323 g/mol. The summed E-state index contributed by atoms with van der Waals surface area (Å²) < 4.78 is 0. The van der Waals surface area contributed by atoms with Crippen molar-refractivity contribution in [1.82, 2.24) is 14.8 Å². The molecule has 0 fully saturated rings. The Labute approximate surface area is 144 Å². The summed E-state index contributed by atoms with van der Waals surface area (Å²) >= 11 is 0. The van der Waals surface area contributed by atoms with Gasteiger partial charge in [0.25, 0.3) is 0 Å². The number of carbonyl (C=O) groups is 1. The van der Waals surface area contributed by atoms with Crippen LogP contribution in [0.2, 0.25) is 0 Å². The van der Waals surface area contributed by atoms with Crippen LogP contribution in [-0.2, 0) is 6.42 Å². The van der Waals surface area contributed by atoms with Crippen LogP contribution < -0.4 is 0 Å². The first kappa shape index (κ1) is 16.5. The summed E-state index contributed by atoms with van der Waals surface area (Å²) in [5, 5.41) is 0. The van der Waals surface area contributed by atoms with Crippen molar-refractivity contribution < 1.29 is 4.79 Å². The highest BCUT2D eigenvalue weighted by molar-refractivity contribution is 5.76. The van der Waals surface area contributed by atoms with E-state index in [1.165, 1.54) is 16.7 Å². The minimum Gasteiger partial charge on any atom is -0.325 e. The van der Waals surface area contributed by atoms with Gasteiger partial charge in [0.05, 0.1) is 6.04 Å². The zero-order chi connectivity index (χ0) is 17.1. The molecule has 4 nitrogen and oxygen atoms in total. The van der Waals surface area contributed by atoms with Gasteiger partial charge in [0.1, 0.15) is 0 Å². The van der Waals surface area contributed by atoms with E-state index in [1.54, 1.807) is 6.20 Å². The Bertz CT molecular complexity index is 710. The number of pyridine rings is 1. The van der Waals surface area contributed by atoms with Gasteiger partial charge in [-0.25, -0.2) is 4.79 Å². The van der Waals surface area contributed by atoms with E-state index in [0.29, 0.717) is 0 Å². The summed E-state index contributed by atoms with van der Waals surface area (Å²) in [6.07, 6.45) is 4.56. The fourth-order valence-electron chi connectivity index (χ4n) is 3.53. The number of carbonyl (C=O) groups excluding carboxylic acids is 1. The molecule has 0 spiro atoms. The Morgan fingerprint density at radius 2 is 2.08 bits per heavy atom. The van der Waals surface area contributed by atoms with Crippen LogP contribution in [0.3, 0.4) is 0 Å². The van der Waals surface area contributed by atoms with Gasteiger partial charge in [-0.05, 0) is 49.9 Å². The summed E-state index contributed by atoms with van der Waals surface area (Å²) in [6.45, 7) is 8.38. The van der Waals surface area contributed by atoms with Crippen LogP contribution in [0.15, 0.2) is 42.7 Å². The fraction of sp³-hybridized carbons (Fsp3) is 0.400. The molecular weight excluding hydrogens is 298 g/mol. The third-order valence-electron chi connectivity index (χ3n) is 4.81. The van der Waals surface area contributed by atoms with Crippen molar-refractivity contribution in [2.45, 2.75) is 33.2 Å². The summed E-state index contributed by atoms with van der Waals surface area (Å²) in [5.74, 6) is 0. The van der Waals surface area contributed by atoms with Gasteiger partial charge in [-0.2, -0.15) is 0 Å². The molecule has 126 valence electrons. The van der Waals surface area contributed by atoms with Crippen LogP contribution in [0, 0.1) is 6.92 Å². The average molecular weight is 323 g/mol. The number of urea groups is 1. The lowest BCUT2D eigenvalue weighted by atomic mass is 9.88. The molecule has 2 aromatic rings. The van der Waals surface area contributed by atoms with Gasteiger partial charge in [-0.15, -0.1) is 0 Å². The first-order chi connectivity index (χ1) is 11.7. The van der Waals surface area contributed by atoms with Gasteiger partial charge >= 0.3 is 6.03 Å². The lowest BCUT2D eigenvalue weighted by molar-refractivity contribution is 0.141. The molecule has 1 aliphatic heterocycles. The topological polar surface area (TPSA) is 36.4 Å². The van der Waals surface area contributed by atoms with Crippen molar-refractivity contribution in [3.63, 3.8) is 0 Å². The third kappa shape index (κ3) is 3.01. The highest BCUT2D eigenvalue weighted by Crippen LogP contribution is 2.35. The minimum absolute atomic E-state index is 0.0591. The molecule has 0 saturated carbocycles. The van der Waals surface area contributed by atoms with E-state index < -0.39 is 0 Å². The van der Waals surface area contributed by atoms with E-state index in [0.717, 1.165) is 31.6 Å². The van der Waals surface area contributed by atoms with Crippen LogP contribution in [-0.4, -0.2) is 40.4 Å². The molecule has 0 radical (unpaired) electrons. The highest BCUT2D eigenvalue weighted by Gasteiger charge is 2.33. The molecule has 1 aromatic carbocycles. The third-order valence-corrected chi connectivity index (χ3v) is 4.81. The number of hydrogen-bond donors (Lipinski definition) is 0. The predicted molar refractivity (Wildman–Crippen MR) is 96.0 cm³/mol. The number of amides is 2. The SMILES string of the molecule is CCN(CC)C(=O)N1CCc2cc(C)ccc2C1c1cccnc1. The molecule has 2 amide bonds. The molecule has 1 atom stereocenters. The molecule has 0 saturated heterocycles. The number of rotatable bonds is 3. The normalized spacial score (nSPS) is 16.6. The van der Waals surface area contributed by atoms with Crippen molar-refractivity contribution in [2.75, 3.05) is 19.6 Å². The maximum Gasteiger partial charge on any atom is 0.320 e. The number of fused-ring (bicyclic) bond motifs is 1. The standard InChI is InChI=1S/C20H25N3O/c1-4-22(5-2)20(24)23-12-10-16-13-15(3)8-9-18(16)19(23)17-7-6-11-21-14-17/h6-9,11,13-14,19H,4-5,10,12H2,1-3H3. The van der Waals surface area contributed by atoms with Crippen LogP contribution >= 0.6 is 0 Å². The van der Waals surface area contributed by atoms with Crippen LogP contribution in [0.25, 0.3) is 0 Å². The Morgan fingerprint density at radius 1 is 1.29 bits per heavy atom. The van der Waals surface area contributed by atoms with Gasteiger partial charge in [0, 0.05) is 32.0 Å². The maximum absolute atomic E-state index is 13.1. The summed E-state index contributed by atoms with van der Waals surface area (Å²) in [4.78, 5) is 21.2. The van der Waals surface area contributed by atoms with Crippen LogP contribution in [0.1, 0.15) is 42.1 Å². The van der Waals surface area contributed by atoms with E-state index in [1.807, 2.05) is 35.9 Å². The number of aryl methyl sites for hydroxylation is 1. The number of aromatic nitrogens is 1. The molecule has 1 aliphatic rings. The predicted octanol–water partition coefficient (Wildman–Crippen LogP) is 3.80. The van der Waals surface area contributed by atoms with Crippen molar-refractivity contribution in [3.8, 4) is 0 Å². The van der Waals surface area contributed by atoms with E-state index in [9.17, 15) is 4.79 Å². The average Bonchev–Trinajstić information content (AvgIpc) is 2.62. The Morgan fingerprint density at radius 3 is 2.75 bits per heavy atom. The maximum atomic E-state index is 13.1. The molecule has 1 aromatic heterocycles. The highest BCUT2D eigenvalue weighted by atomic mass is 16.2. The second-order valence-electron chi connectivity index (χ2n) is 6.29. The Kier molecular flexibility index (Phi) is 4.84. The largest absolute Gasteiger partial charge is 0.325 e. The van der Waals surface area contributed by atoms with Crippen LogP contribution in [0.4, 0.5) is 4.79 Å². The van der Waals surface area contributed by atoms with Gasteiger partial charge in [0.2, 0.25) is 0 Å². The van der Waals surface area contributed by atoms with Gasteiger partial charge in [-0.3, -0.25) is 4.98 Å². The number of nitrogens with zero attached hydrogens (tertiary/aromatic N) is 3. The first-order valence-corrected chi connectivity index (χ1v) is 8.70. The number of benzene rings is 1. The molecule has 0 bridgehead atoms.